The number of aromatic nitrogens is 1. The monoisotopic (exact) mass is 364 g/mol. The topological polar surface area (TPSA) is 42.0 Å². The summed E-state index contributed by atoms with van der Waals surface area (Å²) >= 11 is 6.94. The number of nitrogens with one attached hydrogen (secondary N) is 1. The molecule has 0 unspecified atom stereocenters. The molecule has 2 aromatic carbocycles. The van der Waals surface area contributed by atoms with Gasteiger partial charge in [0.15, 0.2) is 0 Å². The Morgan fingerprint density at radius 2 is 1.79 bits per heavy atom. The molecule has 0 saturated heterocycles. The molecular weight excluding hydrogens is 354 g/mol. The second-order valence-corrected chi connectivity index (χ2v) is 6.37. The van der Waals surface area contributed by atoms with E-state index in [0.29, 0.717) is 16.4 Å². The van der Waals surface area contributed by atoms with Gasteiger partial charge in [-0.05, 0) is 31.2 Å². The fourth-order valence-electron chi connectivity index (χ4n) is 2.16. The lowest BCUT2D eigenvalue weighted by Gasteiger charge is -2.05. The first-order chi connectivity index (χ1) is 11.5. The van der Waals surface area contributed by atoms with Gasteiger partial charge in [0, 0.05) is 0 Å². The highest BCUT2D eigenvalue weighted by Gasteiger charge is 2.21. The van der Waals surface area contributed by atoms with E-state index in [1.54, 1.807) is 31.2 Å². The van der Waals surface area contributed by atoms with Crippen molar-refractivity contribution < 1.29 is 13.6 Å². The molecule has 1 N–H and O–H groups in total. The maximum atomic E-state index is 13.9. The summed E-state index contributed by atoms with van der Waals surface area (Å²) in [6.07, 6.45) is 0. The summed E-state index contributed by atoms with van der Waals surface area (Å²) in [7, 11) is 0. The molecule has 0 atom stereocenters. The molecule has 0 saturated carbocycles. The van der Waals surface area contributed by atoms with Crippen LogP contribution in [0.4, 0.5) is 14.5 Å². The van der Waals surface area contributed by atoms with E-state index >= 15 is 0 Å². The van der Waals surface area contributed by atoms with E-state index in [4.69, 9.17) is 11.6 Å². The van der Waals surface area contributed by atoms with Crippen LogP contribution in [0, 0.1) is 18.6 Å². The number of anilines is 1. The zero-order valence-electron chi connectivity index (χ0n) is 12.4. The zero-order valence-corrected chi connectivity index (χ0v) is 14.0. The van der Waals surface area contributed by atoms with Crippen LogP contribution >= 0.6 is 22.9 Å². The van der Waals surface area contributed by atoms with Crippen LogP contribution in [-0.2, 0) is 0 Å². The molecule has 0 radical (unpaired) electrons. The van der Waals surface area contributed by atoms with Gasteiger partial charge in [-0.25, -0.2) is 13.8 Å². The number of halogens is 3. The Bertz CT molecular complexity index is 906. The van der Waals surface area contributed by atoms with E-state index < -0.39 is 17.5 Å². The van der Waals surface area contributed by atoms with Crippen LogP contribution in [-0.4, -0.2) is 10.9 Å². The second-order valence-electron chi connectivity index (χ2n) is 4.96. The second kappa shape index (κ2) is 6.67. The maximum absolute atomic E-state index is 13.9. The predicted molar refractivity (Wildman–Crippen MR) is 91.6 cm³/mol. The van der Waals surface area contributed by atoms with Crippen molar-refractivity contribution in [2.24, 2.45) is 0 Å². The number of rotatable bonds is 3. The van der Waals surface area contributed by atoms with Crippen molar-refractivity contribution >= 4 is 34.5 Å². The molecule has 0 spiro atoms. The number of thiazole rings is 1. The number of carbonyl (C=O) groups is 1. The number of benzene rings is 2. The fraction of sp³-hybridized carbons (Fsp3) is 0.0588. The molecule has 1 heterocycles. The predicted octanol–water partition coefficient (Wildman–Crippen LogP) is 5.30. The first kappa shape index (κ1) is 16.5. The highest BCUT2D eigenvalue weighted by molar-refractivity contribution is 7.17. The Labute approximate surface area is 145 Å². The van der Waals surface area contributed by atoms with Crippen LogP contribution < -0.4 is 5.32 Å². The van der Waals surface area contributed by atoms with Crippen molar-refractivity contribution in [3.05, 3.63) is 69.7 Å². The SMILES string of the molecule is Cc1nc(-c2c(F)cccc2F)sc1C(=O)Nc1ccccc1Cl. The molecule has 1 aromatic heterocycles. The lowest BCUT2D eigenvalue weighted by molar-refractivity contribution is 0.103. The van der Waals surface area contributed by atoms with Gasteiger partial charge in [-0.15, -0.1) is 11.3 Å². The summed E-state index contributed by atoms with van der Waals surface area (Å²) in [6, 6.07) is 10.4. The quantitative estimate of drug-likeness (QED) is 0.685. The third-order valence-electron chi connectivity index (χ3n) is 3.30. The van der Waals surface area contributed by atoms with E-state index in [9.17, 15) is 13.6 Å². The van der Waals surface area contributed by atoms with Crippen molar-refractivity contribution in [2.45, 2.75) is 6.92 Å². The maximum Gasteiger partial charge on any atom is 0.267 e. The number of hydrogen-bond acceptors (Lipinski definition) is 3. The Balaban J connectivity index is 1.95. The molecule has 0 aliphatic heterocycles. The highest BCUT2D eigenvalue weighted by Crippen LogP contribution is 2.32. The summed E-state index contributed by atoms with van der Waals surface area (Å²) in [5.74, 6) is -1.87. The molecule has 3 rings (SSSR count). The van der Waals surface area contributed by atoms with Crippen LogP contribution in [0.3, 0.4) is 0 Å². The van der Waals surface area contributed by atoms with Gasteiger partial charge in [0.05, 0.1) is 22.0 Å². The van der Waals surface area contributed by atoms with Crippen molar-refractivity contribution in [1.82, 2.24) is 4.98 Å². The molecule has 3 aromatic rings. The van der Waals surface area contributed by atoms with Gasteiger partial charge in [-0.2, -0.15) is 0 Å². The largest absolute Gasteiger partial charge is 0.320 e. The first-order valence-electron chi connectivity index (χ1n) is 6.95. The number of nitrogens with zero attached hydrogens (tertiary/aromatic N) is 1. The van der Waals surface area contributed by atoms with Crippen LogP contribution in [0.5, 0.6) is 0 Å². The van der Waals surface area contributed by atoms with Crippen LogP contribution in [0.15, 0.2) is 42.5 Å². The van der Waals surface area contributed by atoms with Gasteiger partial charge in [0.1, 0.15) is 21.5 Å². The average molecular weight is 365 g/mol. The van der Waals surface area contributed by atoms with Gasteiger partial charge in [-0.3, -0.25) is 4.79 Å². The van der Waals surface area contributed by atoms with Crippen molar-refractivity contribution in [3.8, 4) is 10.6 Å². The van der Waals surface area contributed by atoms with Gasteiger partial charge in [0.2, 0.25) is 0 Å². The van der Waals surface area contributed by atoms with E-state index in [2.05, 4.69) is 10.3 Å². The van der Waals surface area contributed by atoms with Crippen LogP contribution in [0.2, 0.25) is 5.02 Å². The van der Waals surface area contributed by atoms with E-state index in [-0.39, 0.29) is 15.4 Å². The summed E-state index contributed by atoms with van der Waals surface area (Å²) in [5.41, 5.74) is 0.611. The number of carbonyl (C=O) groups excluding carboxylic acids is 1. The van der Waals surface area contributed by atoms with Crippen molar-refractivity contribution in [1.29, 1.82) is 0 Å². The summed E-state index contributed by atoms with van der Waals surface area (Å²) in [6.45, 7) is 1.61. The highest BCUT2D eigenvalue weighted by atomic mass is 35.5. The number of aryl methyl sites for hydroxylation is 1. The molecule has 0 aliphatic carbocycles. The fourth-order valence-corrected chi connectivity index (χ4v) is 3.35. The number of para-hydroxylation sites is 1. The molecule has 3 nitrogen and oxygen atoms in total. The van der Waals surface area contributed by atoms with Gasteiger partial charge in [-0.1, -0.05) is 29.8 Å². The lowest BCUT2D eigenvalue weighted by atomic mass is 10.2. The Hall–Kier alpha value is -2.31. The van der Waals surface area contributed by atoms with Crippen LogP contribution in [0.1, 0.15) is 15.4 Å². The molecule has 1 amide bonds. The van der Waals surface area contributed by atoms with Crippen molar-refractivity contribution in [3.63, 3.8) is 0 Å². The number of hydrogen-bond donors (Lipinski definition) is 1. The summed E-state index contributed by atoms with van der Waals surface area (Å²) in [4.78, 5) is 16.8. The van der Waals surface area contributed by atoms with Gasteiger partial charge < -0.3 is 5.32 Å². The number of amides is 1. The summed E-state index contributed by atoms with van der Waals surface area (Å²) in [5, 5.41) is 3.19. The molecule has 0 fully saturated rings. The third-order valence-corrected chi connectivity index (χ3v) is 4.80. The molecular formula is C17H11ClF2N2OS. The smallest absolute Gasteiger partial charge is 0.267 e. The minimum Gasteiger partial charge on any atom is -0.320 e. The minimum atomic E-state index is -0.721. The zero-order chi connectivity index (χ0) is 17.3. The van der Waals surface area contributed by atoms with E-state index in [1.165, 1.54) is 6.07 Å². The average Bonchev–Trinajstić information content (AvgIpc) is 2.91. The Morgan fingerprint density at radius 3 is 2.46 bits per heavy atom. The third kappa shape index (κ3) is 3.16. The minimum absolute atomic E-state index is 0.118. The van der Waals surface area contributed by atoms with Crippen molar-refractivity contribution in [2.75, 3.05) is 5.32 Å². The van der Waals surface area contributed by atoms with E-state index in [0.717, 1.165) is 23.5 Å². The Morgan fingerprint density at radius 1 is 1.12 bits per heavy atom. The Kier molecular flexibility index (Phi) is 4.59. The molecule has 122 valence electrons. The lowest BCUT2D eigenvalue weighted by Crippen LogP contribution is -2.11. The molecule has 24 heavy (non-hydrogen) atoms. The molecule has 7 heteroatoms. The standard InChI is InChI=1S/C17H11ClF2N2OS/c1-9-15(16(23)22-13-8-3-2-5-10(13)18)24-17(21-9)14-11(19)6-4-7-12(14)20/h2-8H,1H3,(H,22,23). The van der Waals surface area contributed by atoms with Gasteiger partial charge in [0.25, 0.3) is 5.91 Å². The van der Waals surface area contributed by atoms with E-state index in [1.807, 2.05) is 0 Å². The molecule has 0 aliphatic rings. The summed E-state index contributed by atoms with van der Waals surface area (Å²) < 4.78 is 27.8. The molecule has 0 bridgehead atoms. The van der Waals surface area contributed by atoms with Gasteiger partial charge >= 0.3 is 0 Å². The normalized spacial score (nSPS) is 10.7. The van der Waals surface area contributed by atoms with Crippen LogP contribution in [0.25, 0.3) is 10.6 Å². The first-order valence-corrected chi connectivity index (χ1v) is 8.14.